The third-order valence-corrected chi connectivity index (χ3v) is 8.35. The molecule has 0 fully saturated rings. The highest BCUT2D eigenvalue weighted by Crippen LogP contribution is 2.49. The van der Waals surface area contributed by atoms with Crippen LogP contribution in [-0.2, 0) is 0 Å². The lowest BCUT2D eigenvalue weighted by Crippen LogP contribution is -1.92. The van der Waals surface area contributed by atoms with Crippen molar-refractivity contribution in [2.24, 2.45) is 0 Å². The van der Waals surface area contributed by atoms with E-state index in [-0.39, 0.29) is 0 Å². The number of fused-ring (bicyclic) bond motifs is 6. The minimum absolute atomic E-state index is 0.713. The van der Waals surface area contributed by atoms with Crippen LogP contribution in [0.5, 0.6) is 0 Å². The molecular formula is C38H22N4. The molecule has 0 N–H and O–H groups in total. The Balaban J connectivity index is 1.19. The van der Waals surface area contributed by atoms with Crippen molar-refractivity contribution in [1.29, 1.82) is 0 Å². The molecule has 0 spiro atoms. The van der Waals surface area contributed by atoms with Crippen LogP contribution in [0.1, 0.15) is 0 Å². The molecule has 0 radical (unpaired) electrons. The molecule has 0 unspecified atom stereocenters. The van der Waals surface area contributed by atoms with Gasteiger partial charge in [-0.1, -0.05) is 103 Å². The lowest BCUT2D eigenvalue weighted by Gasteiger charge is -2.11. The smallest absolute Gasteiger partial charge is 0.159 e. The summed E-state index contributed by atoms with van der Waals surface area (Å²) in [7, 11) is 0. The fourth-order valence-corrected chi connectivity index (χ4v) is 6.35. The number of rotatable bonds is 3. The molecule has 0 saturated heterocycles. The summed E-state index contributed by atoms with van der Waals surface area (Å²) in [5.41, 5.74) is 12.0. The largest absolute Gasteiger partial charge is 0.245 e. The van der Waals surface area contributed by atoms with Gasteiger partial charge < -0.3 is 0 Å². The summed E-state index contributed by atoms with van der Waals surface area (Å²) < 4.78 is 0. The van der Waals surface area contributed by atoms with E-state index in [2.05, 4.69) is 113 Å². The fourth-order valence-electron chi connectivity index (χ4n) is 6.35. The Morgan fingerprint density at radius 3 is 1.69 bits per heavy atom. The summed E-state index contributed by atoms with van der Waals surface area (Å²) in [4.78, 5) is 19.1. The number of hydrogen-bond donors (Lipinski definition) is 0. The van der Waals surface area contributed by atoms with E-state index in [1.807, 2.05) is 18.2 Å². The minimum atomic E-state index is 0.713. The van der Waals surface area contributed by atoms with Crippen molar-refractivity contribution in [2.45, 2.75) is 0 Å². The summed E-state index contributed by atoms with van der Waals surface area (Å²) in [5.74, 6) is 0.713. The maximum absolute atomic E-state index is 5.26. The van der Waals surface area contributed by atoms with Gasteiger partial charge in [0.25, 0.3) is 0 Å². The summed E-state index contributed by atoms with van der Waals surface area (Å²) in [6, 6.07) is 42.6. The van der Waals surface area contributed by atoms with Gasteiger partial charge in [-0.05, 0) is 51.2 Å². The molecule has 0 amide bonds. The minimum Gasteiger partial charge on any atom is -0.245 e. The summed E-state index contributed by atoms with van der Waals surface area (Å²) in [5, 5.41) is 4.68. The molecule has 0 saturated carbocycles. The third-order valence-electron chi connectivity index (χ3n) is 8.35. The quantitative estimate of drug-likeness (QED) is 0.212. The van der Waals surface area contributed by atoms with E-state index >= 15 is 0 Å². The number of benzene rings is 5. The molecule has 0 bridgehead atoms. The third kappa shape index (κ3) is 3.42. The number of aromatic nitrogens is 4. The maximum Gasteiger partial charge on any atom is 0.159 e. The molecule has 3 heterocycles. The molecule has 3 aromatic heterocycles. The van der Waals surface area contributed by atoms with Gasteiger partial charge in [0.1, 0.15) is 0 Å². The summed E-state index contributed by atoms with van der Waals surface area (Å²) >= 11 is 0. The zero-order valence-electron chi connectivity index (χ0n) is 22.5. The second-order valence-electron chi connectivity index (χ2n) is 10.7. The topological polar surface area (TPSA) is 51.6 Å². The SMILES string of the molecule is c1cnc(-c2ccc(-c3ccc4ccc5ccc(-c6ccc7c8c(cccc68)-c6ccccc6-7)nc5c4n3)cc2)nc1. The predicted molar refractivity (Wildman–Crippen MR) is 171 cm³/mol. The first-order valence-electron chi connectivity index (χ1n) is 14.1. The molecule has 0 aliphatic heterocycles. The van der Waals surface area contributed by atoms with Crippen molar-refractivity contribution in [3.8, 4) is 56.2 Å². The Kier molecular flexibility index (Phi) is 4.87. The predicted octanol–water partition coefficient (Wildman–Crippen LogP) is 9.37. The Morgan fingerprint density at radius 2 is 0.952 bits per heavy atom. The normalized spacial score (nSPS) is 11.8. The molecule has 42 heavy (non-hydrogen) atoms. The van der Waals surface area contributed by atoms with Crippen LogP contribution in [0.4, 0.5) is 0 Å². The van der Waals surface area contributed by atoms with Crippen LogP contribution >= 0.6 is 0 Å². The zero-order valence-corrected chi connectivity index (χ0v) is 22.5. The van der Waals surface area contributed by atoms with Gasteiger partial charge in [0.15, 0.2) is 5.82 Å². The molecular weight excluding hydrogens is 512 g/mol. The maximum atomic E-state index is 5.26. The van der Waals surface area contributed by atoms with Crippen LogP contribution in [-0.4, -0.2) is 19.9 Å². The van der Waals surface area contributed by atoms with Gasteiger partial charge in [0.05, 0.1) is 22.4 Å². The van der Waals surface area contributed by atoms with E-state index < -0.39 is 0 Å². The number of nitrogens with zero attached hydrogens (tertiary/aromatic N) is 4. The highest BCUT2D eigenvalue weighted by molar-refractivity contribution is 6.18. The van der Waals surface area contributed by atoms with Crippen molar-refractivity contribution in [3.63, 3.8) is 0 Å². The van der Waals surface area contributed by atoms with Crippen molar-refractivity contribution in [1.82, 2.24) is 19.9 Å². The molecule has 5 aromatic carbocycles. The van der Waals surface area contributed by atoms with Crippen LogP contribution in [0.25, 0.3) is 88.7 Å². The van der Waals surface area contributed by atoms with Gasteiger partial charge in [0.2, 0.25) is 0 Å². The van der Waals surface area contributed by atoms with Crippen LogP contribution < -0.4 is 0 Å². The monoisotopic (exact) mass is 534 g/mol. The van der Waals surface area contributed by atoms with E-state index in [0.29, 0.717) is 5.82 Å². The van der Waals surface area contributed by atoms with Gasteiger partial charge in [-0.2, -0.15) is 0 Å². The average Bonchev–Trinajstić information content (AvgIpc) is 3.40. The number of pyridine rings is 2. The summed E-state index contributed by atoms with van der Waals surface area (Å²) in [6.07, 6.45) is 3.52. The van der Waals surface area contributed by atoms with E-state index in [0.717, 1.165) is 49.9 Å². The molecule has 0 atom stereocenters. The second-order valence-corrected chi connectivity index (χ2v) is 10.7. The molecule has 8 aromatic rings. The molecule has 1 aliphatic carbocycles. The van der Waals surface area contributed by atoms with Gasteiger partial charge in [-0.3, -0.25) is 0 Å². The van der Waals surface area contributed by atoms with Crippen LogP contribution in [0.3, 0.4) is 0 Å². The zero-order chi connectivity index (χ0) is 27.6. The highest BCUT2D eigenvalue weighted by atomic mass is 14.8. The molecule has 4 heteroatoms. The van der Waals surface area contributed by atoms with Gasteiger partial charge in [0, 0.05) is 39.9 Å². The van der Waals surface area contributed by atoms with Crippen LogP contribution in [0, 0.1) is 0 Å². The standard InChI is InChI=1S/C38H22N4/c1-2-6-28-27(5-1)30-7-3-8-31-29(17-18-32(28)35(30)31)34-20-16-25-12-11-24-15-19-33(41-36(24)37(25)42-34)23-9-13-26(14-10-23)38-39-21-4-22-40-38/h1-22H. The highest BCUT2D eigenvalue weighted by Gasteiger charge is 2.22. The number of hydrogen-bond acceptors (Lipinski definition) is 4. The van der Waals surface area contributed by atoms with Crippen LogP contribution in [0.2, 0.25) is 0 Å². The van der Waals surface area contributed by atoms with Gasteiger partial charge in [-0.25, -0.2) is 19.9 Å². The lowest BCUT2D eigenvalue weighted by atomic mass is 9.96. The molecule has 4 nitrogen and oxygen atoms in total. The second kappa shape index (κ2) is 8.88. The first kappa shape index (κ1) is 23.0. The first-order valence-corrected chi connectivity index (χ1v) is 14.1. The Bertz CT molecular complexity index is 2310. The van der Waals surface area contributed by atoms with E-state index in [4.69, 9.17) is 9.97 Å². The molecule has 1 aliphatic rings. The van der Waals surface area contributed by atoms with Crippen molar-refractivity contribution in [2.75, 3.05) is 0 Å². The van der Waals surface area contributed by atoms with Gasteiger partial charge >= 0.3 is 0 Å². The lowest BCUT2D eigenvalue weighted by molar-refractivity contribution is 1.18. The first-order chi connectivity index (χ1) is 20.8. The van der Waals surface area contributed by atoms with Crippen molar-refractivity contribution < 1.29 is 0 Å². The van der Waals surface area contributed by atoms with Gasteiger partial charge in [-0.15, -0.1) is 0 Å². The average molecular weight is 535 g/mol. The van der Waals surface area contributed by atoms with Crippen LogP contribution in [0.15, 0.2) is 134 Å². The molecule has 9 rings (SSSR count). The Labute approximate surface area is 242 Å². The molecule has 194 valence electrons. The summed E-state index contributed by atoms with van der Waals surface area (Å²) in [6.45, 7) is 0. The van der Waals surface area contributed by atoms with E-state index in [1.54, 1.807) is 12.4 Å². The Morgan fingerprint density at radius 1 is 0.381 bits per heavy atom. The Hall–Kier alpha value is -5.74. The van der Waals surface area contributed by atoms with Crippen molar-refractivity contribution >= 4 is 32.6 Å². The van der Waals surface area contributed by atoms with E-state index in [1.165, 1.54) is 33.0 Å². The van der Waals surface area contributed by atoms with Crippen molar-refractivity contribution in [3.05, 3.63) is 134 Å². The fraction of sp³-hybridized carbons (Fsp3) is 0. The van der Waals surface area contributed by atoms with E-state index in [9.17, 15) is 0 Å².